The van der Waals surface area contributed by atoms with Gasteiger partial charge < -0.3 is 5.32 Å². The van der Waals surface area contributed by atoms with E-state index in [1.807, 2.05) is 18.2 Å². The Kier molecular flexibility index (Phi) is 6.57. The van der Waals surface area contributed by atoms with Crippen molar-refractivity contribution in [2.24, 2.45) is 0 Å². The molecule has 0 fully saturated rings. The summed E-state index contributed by atoms with van der Waals surface area (Å²) < 4.78 is 64.4. The number of carbonyl (C=O) groups is 1. The normalized spacial score (nSPS) is 14.8. The Bertz CT molecular complexity index is 1100. The largest absolute Gasteiger partial charge is 0.416 e. The first kappa shape index (κ1) is 23.4. The molecule has 168 valence electrons. The summed E-state index contributed by atoms with van der Waals surface area (Å²) in [5, 5.41) is 2.50. The molecule has 0 aromatic heterocycles. The Labute approximate surface area is 184 Å². The molecule has 1 atom stereocenters. The average molecular weight is 475 g/mol. The van der Waals surface area contributed by atoms with Gasteiger partial charge in [0.15, 0.2) is 0 Å². The maximum Gasteiger partial charge on any atom is 0.416 e. The number of benzene rings is 2. The second-order valence-corrected chi connectivity index (χ2v) is 9.92. The van der Waals surface area contributed by atoms with Crippen LogP contribution in [0.4, 0.5) is 18.9 Å². The van der Waals surface area contributed by atoms with E-state index in [0.29, 0.717) is 10.4 Å². The lowest BCUT2D eigenvalue weighted by atomic mass is 10.0. The number of carbonyl (C=O) groups excluding carboxylic acids is 1. The summed E-state index contributed by atoms with van der Waals surface area (Å²) in [6.45, 7) is 1.06. The molecule has 5 nitrogen and oxygen atoms in total. The van der Waals surface area contributed by atoms with Crippen molar-refractivity contribution in [2.45, 2.75) is 38.4 Å². The van der Waals surface area contributed by atoms with Gasteiger partial charge in [0.05, 0.1) is 28.6 Å². The summed E-state index contributed by atoms with van der Waals surface area (Å²) >= 11 is 5.98. The highest BCUT2D eigenvalue weighted by atomic mass is 35.5. The summed E-state index contributed by atoms with van der Waals surface area (Å²) in [6.07, 6.45) is -0.800. The number of amides is 1. The molecular formula is C21H22ClF3N2O3S. The molecule has 0 saturated heterocycles. The second kappa shape index (κ2) is 8.70. The standard InChI is InChI=1S/C21H22ClF3N2O3S/c1-13(15-7-6-14-4-3-5-16(14)10-15)26-20(28)12-27(31(2,29)30)19-11-17(21(23,24)25)8-9-18(19)22/h6-11,13H,3-5,12H2,1-2H3,(H,26,28)/t13-/m0/s1. The Morgan fingerprint density at radius 1 is 1.16 bits per heavy atom. The second-order valence-electron chi connectivity index (χ2n) is 7.60. The van der Waals surface area contributed by atoms with Gasteiger partial charge in [0, 0.05) is 0 Å². The zero-order valence-corrected chi connectivity index (χ0v) is 18.5. The average Bonchev–Trinajstić information content (AvgIpc) is 3.12. The van der Waals surface area contributed by atoms with Gasteiger partial charge in [-0.05, 0) is 61.1 Å². The van der Waals surface area contributed by atoms with Crippen molar-refractivity contribution in [1.82, 2.24) is 5.32 Å². The van der Waals surface area contributed by atoms with Gasteiger partial charge in [-0.3, -0.25) is 9.10 Å². The minimum Gasteiger partial charge on any atom is -0.348 e. The number of rotatable bonds is 6. The number of nitrogens with one attached hydrogen (secondary N) is 1. The lowest BCUT2D eigenvalue weighted by Crippen LogP contribution is -2.41. The predicted octanol–water partition coefficient (Wildman–Crippen LogP) is 4.49. The molecule has 2 aromatic rings. The van der Waals surface area contributed by atoms with Crippen LogP contribution < -0.4 is 9.62 Å². The lowest BCUT2D eigenvalue weighted by Gasteiger charge is -2.25. The lowest BCUT2D eigenvalue weighted by molar-refractivity contribution is -0.137. The topological polar surface area (TPSA) is 66.5 Å². The van der Waals surface area contributed by atoms with Crippen LogP contribution in [-0.2, 0) is 33.8 Å². The minimum absolute atomic E-state index is 0.210. The smallest absolute Gasteiger partial charge is 0.348 e. The van der Waals surface area contributed by atoms with Gasteiger partial charge in [-0.25, -0.2) is 8.42 Å². The number of nitrogens with zero attached hydrogens (tertiary/aromatic N) is 1. The third kappa shape index (κ3) is 5.51. The molecule has 0 spiro atoms. The molecular weight excluding hydrogens is 453 g/mol. The van der Waals surface area contributed by atoms with Crippen LogP contribution in [-0.4, -0.2) is 27.1 Å². The van der Waals surface area contributed by atoms with Crippen LogP contribution in [0.25, 0.3) is 0 Å². The third-order valence-corrected chi connectivity index (χ3v) is 6.68. The van der Waals surface area contributed by atoms with E-state index in [2.05, 4.69) is 5.32 Å². The number of hydrogen-bond donors (Lipinski definition) is 1. The molecule has 10 heteroatoms. The van der Waals surface area contributed by atoms with Gasteiger partial charge in [0.1, 0.15) is 6.54 Å². The fourth-order valence-electron chi connectivity index (χ4n) is 3.62. The third-order valence-electron chi connectivity index (χ3n) is 5.23. The summed E-state index contributed by atoms with van der Waals surface area (Å²) in [6, 6.07) is 7.88. The molecule has 0 aliphatic heterocycles. The first-order chi connectivity index (χ1) is 14.4. The molecule has 0 saturated carbocycles. The van der Waals surface area contributed by atoms with Gasteiger partial charge in [0.2, 0.25) is 15.9 Å². The van der Waals surface area contributed by atoms with Crippen molar-refractivity contribution in [1.29, 1.82) is 0 Å². The maximum atomic E-state index is 13.1. The van der Waals surface area contributed by atoms with Crippen molar-refractivity contribution in [3.8, 4) is 0 Å². The summed E-state index contributed by atoms with van der Waals surface area (Å²) in [5.74, 6) is -0.660. The molecule has 1 aliphatic carbocycles. The molecule has 31 heavy (non-hydrogen) atoms. The highest BCUT2D eigenvalue weighted by molar-refractivity contribution is 7.92. The van der Waals surface area contributed by atoms with E-state index in [0.717, 1.165) is 43.2 Å². The minimum atomic E-state index is -4.69. The highest BCUT2D eigenvalue weighted by Gasteiger charge is 2.33. The van der Waals surface area contributed by atoms with E-state index in [1.54, 1.807) is 6.92 Å². The fourth-order valence-corrected chi connectivity index (χ4v) is 4.75. The first-order valence-electron chi connectivity index (χ1n) is 9.62. The van der Waals surface area contributed by atoms with Crippen LogP contribution in [0.1, 0.15) is 41.6 Å². The van der Waals surface area contributed by atoms with Crippen LogP contribution in [0.2, 0.25) is 5.02 Å². The summed E-state index contributed by atoms with van der Waals surface area (Å²) in [5.41, 5.74) is 1.92. The van der Waals surface area contributed by atoms with Gasteiger partial charge in [0.25, 0.3) is 0 Å². The fraction of sp³-hybridized carbons (Fsp3) is 0.381. The van der Waals surface area contributed by atoms with Crippen LogP contribution in [0.5, 0.6) is 0 Å². The zero-order valence-electron chi connectivity index (χ0n) is 17.0. The molecule has 0 bridgehead atoms. The van der Waals surface area contributed by atoms with E-state index >= 15 is 0 Å². The number of anilines is 1. The van der Waals surface area contributed by atoms with Crippen molar-refractivity contribution in [2.75, 3.05) is 17.1 Å². The zero-order chi connectivity index (χ0) is 23.0. The van der Waals surface area contributed by atoms with E-state index in [1.165, 1.54) is 11.1 Å². The molecule has 0 radical (unpaired) electrons. The number of fused-ring (bicyclic) bond motifs is 1. The van der Waals surface area contributed by atoms with E-state index in [4.69, 9.17) is 11.6 Å². The van der Waals surface area contributed by atoms with Crippen LogP contribution in [0.15, 0.2) is 36.4 Å². The quantitative estimate of drug-likeness (QED) is 0.670. The van der Waals surface area contributed by atoms with E-state index < -0.39 is 45.9 Å². The summed E-state index contributed by atoms with van der Waals surface area (Å²) in [7, 11) is -4.09. The summed E-state index contributed by atoms with van der Waals surface area (Å²) in [4.78, 5) is 12.6. The van der Waals surface area contributed by atoms with Crippen molar-refractivity contribution in [3.05, 3.63) is 63.7 Å². The van der Waals surface area contributed by atoms with Gasteiger partial charge in [-0.15, -0.1) is 0 Å². The Balaban J connectivity index is 1.81. The number of sulfonamides is 1. The van der Waals surface area contributed by atoms with Crippen LogP contribution >= 0.6 is 11.6 Å². The molecule has 3 rings (SSSR count). The van der Waals surface area contributed by atoms with Gasteiger partial charge >= 0.3 is 6.18 Å². The molecule has 2 aromatic carbocycles. The van der Waals surface area contributed by atoms with Crippen molar-refractivity contribution in [3.63, 3.8) is 0 Å². The molecule has 0 heterocycles. The highest BCUT2D eigenvalue weighted by Crippen LogP contribution is 2.36. The van der Waals surface area contributed by atoms with Crippen molar-refractivity contribution >= 4 is 33.2 Å². The predicted molar refractivity (Wildman–Crippen MR) is 114 cm³/mol. The number of hydrogen-bond acceptors (Lipinski definition) is 3. The molecule has 1 N–H and O–H groups in total. The monoisotopic (exact) mass is 474 g/mol. The Morgan fingerprint density at radius 2 is 1.84 bits per heavy atom. The maximum absolute atomic E-state index is 13.1. The van der Waals surface area contributed by atoms with E-state index in [9.17, 15) is 26.4 Å². The SMILES string of the molecule is C[C@H](NC(=O)CN(c1cc(C(F)(F)F)ccc1Cl)S(C)(=O)=O)c1ccc2c(c1)CCC2. The van der Waals surface area contributed by atoms with E-state index in [-0.39, 0.29) is 5.02 Å². The molecule has 1 amide bonds. The van der Waals surface area contributed by atoms with Gasteiger partial charge in [-0.2, -0.15) is 13.2 Å². The number of alkyl halides is 3. The van der Waals surface area contributed by atoms with Crippen molar-refractivity contribution < 1.29 is 26.4 Å². The van der Waals surface area contributed by atoms with Gasteiger partial charge in [-0.1, -0.05) is 29.8 Å². The number of aryl methyl sites for hydroxylation is 2. The Morgan fingerprint density at radius 3 is 2.48 bits per heavy atom. The Hall–Kier alpha value is -2.26. The first-order valence-corrected chi connectivity index (χ1v) is 11.8. The number of halogens is 4. The molecule has 0 unspecified atom stereocenters. The molecule has 1 aliphatic rings. The van der Waals surface area contributed by atoms with Crippen LogP contribution in [0.3, 0.4) is 0 Å². The van der Waals surface area contributed by atoms with Crippen LogP contribution in [0, 0.1) is 0 Å².